The first kappa shape index (κ1) is 13.7. The summed E-state index contributed by atoms with van der Waals surface area (Å²) in [6.07, 6.45) is 0. The lowest BCUT2D eigenvalue weighted by molar-refractivity contribution is -0.135. The summed E-state index contributed by atoms with van der Waals surface area (Å²) in [5.74, 6) is -1.82. The average molecular weight is 268 g/mol. The zero-order chi connectivity index (χ0) is 14.5. The molecule has 0 bridgehead atoms. The fraction of sp³-hybridized carbons (Fsp3) is 0.0625. The average Bonchev–Trinajstić information content (AvgIpc) is 2.46. The molecule has 2 aromatic rings. The second-order valence-corrected chi connectivity index (χ2v) is 4.12. The molecule has 0 aliphatic rings. The molecule has 0 heterocycles. The van der Waals surface area contributed by atoms with Crippen LogP contribution in [-0.4, -0.2) is 17.7 Å². The third-order valence-corrected chi connectivity index (χ3v) is 2.66. The van der Waals surface area contributed by atoms with Gasteiger partial charge in [-0.25, -0.2) is 4.79 Å². The lowest BCUT2D eigenvalue weighted by Crippen LogP contribution is -2.14. The summed E-state index contributed by atoms with van der Waals surface area (Å²) in [6.45, 7) is 1.14. The van der Waals surface area contributed by atoms with Crippen LogP contribution in [0.25, 0.3) is 0 Å². The molecule has 0 fully saturated rings. The number of rotatable bonds is 3. The van der Waals surface area contributed by atoms with Gasteiger partial charge >= 0.3 is 11.9 Å². The highest BCUT2D eigenvalue weighted by atomic mass is 16.6. The maximum absolute atomic E-state index is 12.4. The van der Waals surface area contributed by atoms with Gasteiger partial charge in [-0.05, 0) is 6.07 Å². The standard InChI is InChI=1S/C16H12O4/c1-11(17)20-16(19)14-10-6-5-9-13(14)15(18)12-7-3-2-4-8-12/h2-10H,1H3. The van der Waals surface area contributed by atoms with Crippen LogP contribution < -0.4 is 0 Å². The van der Waals surface area contributed by atoms with E-state index in [-0.39, 0.29) is 16.9 Å². The number of hydrogen-bond acceptors (Lipinski definition) is 4. The van der Waals surface area contributed by atoms with Gasteiger partial charge in [-0.2, -0.15) is 0 Å². The minimum atomic E-state index is -0.822. The Bertz CT molecular complexity index is 659. The van der Waals surface area contributed by atoms with Crippen LogP contribution in [0.5, 0.6) is 0 Å². The Morgan fingerprint density at radius 3 is 1.95 bits per heavy atom. The molecule has 0 unspecified atom stereocenters. The van der Waals surface area contributed by atoms with Crippen molar-refractivity contribution in [2.75, 3.05) is 0 Å². The lowest BCUT2D eigenvalue weighted by Gasteiger charge is -2.07. The van der Waals surface area contributed by atoms with Crippen LogP contribution in [-0.2, 0) is 9.53 Å². The SMILES string of the molecule is CC(=O)OC(=O)c1ccccc1C(=O)c1ccccc1. The van der Waals surface area contributed by atoms with E-state index in [0.29, 0.717) is 5.56 Å². The smallest absolute Gasteiger partial charge is 0.346 e. The Balaban J connectivity index is 2.40. The van der Waals surface area contributed by atoms with Crippen molar-refractivity contribution in [3.8, 4) is 0 Å². The fourth-order valence-corrected chi connectivity index (χ4v) is 1.79. The fourth-order valence-electron chi connectivity index (χ4n) is 1.79. The zero-order valence-corrected chi connectivity index (χ0v) is 10.8. The van der Waals surface area contributed by atoms with Crippen LogP contribution in [0.15, 0.2) is 54.6 Å². The minimum Gasteiger partial charge on any atom is -0.390 e. The molecule has 0 amide bonds. The molecule has 0 saturated heterocycles. The van der Waals surface area contributed by atoms with Gasteiger partial charge in [0.2, 0.25) is 0 Å². The molecule has 100 valence electrons. The van der Waals surface area contributed by atoms with Gasteiger partial charge in [0.15, 0.2) is 5.78 Å². The molecule has 0 radical (unpaired) electrons. The second-order valence-electron chi connectivity index (χ2n) is 4.12. The second kappa shape index (κ2) is 5.93. The van der Waals surface area contributed by atoms with Crippen LogP contribution in [0, 0.1) is 0 Å². The van der Waals surface area contributed by atoms with Gasteiger partial charge in [0.05, 0.1) is 5.56 Å². The zero-order valence-electron chi connectivity index (χ0n) is 10.8. The van der Waals surface area contributed by atoms with Gasteiger partial charge in [0, 0.05) is 18.1 Å². The maximum Gasteiger partial charge on any atom is 0.346 e. The van der Waals surface area contributed by atoms with Crippen molar-refractivity contribution in [3.05, 3.63) is 71.3 Å². The number of hydrogen-bond donors (Lipinski definition) is 0. The summed E-state index contributed by atoms with van der Waals surface area (Å²) in [7, 11) is 0. The minimum absolute atomic E-state index is 0.0801. The highest BCUT2D eigenvalue weighted by Gasteiger charge is 2.19. The van der Waals surface area contributed by atoms with Crippen molar-refractivity contribution in [1.29, 1.82) is 0 Å². The first-order valence-electron chi connectivity index (χ1n) is 6.01. The number of esters is 2. The van der Waals surface area contributed by atoms with Crippen LogP contribution in [0.2, 0.25) is 0 Å². The number of carbonyl (C=O) groups excluding carboxylic acids is 3. The van der Waals surface area contributed by atoms with E-state index in [0.717, 1.165) is 6.92 Å². The third kappa shape index (κ3) is 2.98. The van der Waals surface area contributed by atoms with Crippen LogP contribution in [0.1, 0.15) is 33.2 Å². The topological polar surface area (TPSA) is 60.4 Å². The normalized spacial score (nSPS) is 9.85. The first-order valence-corrected chi connectivity index (χ1v) is 6.01. The molecule has 0 atom stereocenters. The predicted molar refractivity (Wildman–Crippen MR) is 72.4 cm³/mol. The number of ketones is 1. The van der Waals surface area contributed by atoms with Gasteiger partial charge in [0.1, 0.15) is 0 Å². The van der Waals surface area contributed by atoms with Gasteiger partial charge < -0.3 is 4.74 Å². The molecule has 4 nitrogen and oxygen atoms in total. The maximum atomic E-state index is 12.4. The summed E-state index contributed by atoms with van der Waals surface area (Å²) in [4.78, 5) is 35.0. The van der Waals surface area contributed by atoms with Crippen molar-refractivity contribution in [2.24, 2.45) is 0 Å². The van der Waals surface area contributed by atoms with Gasteiger partial charge in [-0.3, -0.25) is 9.59 Å². The van der Waals surface area contributed by atoms with Crippen molar-refractivity contribution in [1.82, 2.24) is 0 Å². The van der Waals surface area contributed by atoms with Crippen molar-refractivity contribution < 1.29 is 19.1 Å². The van der Waals surface area contributed by atoms with Crippen molar-refractivity contribution in [2.45, 2.75) is 6.92 Å². The Morgan fingerprint density at radius 2 is 1.35 bits per heavy atom. The monoisotopic (exact) mass is 268 g/mol. The summed E-state index contributed by atoms with van der Waals surface area (Å²) >= 11 is 0. The number of benzene rings is 2. The molecule has 0 saturated carbocycles. The molecular weight excluding hydrogens is 256 g/mol. The highest BCUT2D eigenvalue weighted by molar-refractivity contribution is 6.15. The van der Waals surface area contributed by atoms with Crippen molar-refractivity contribution >= 4 is 17.7 Å². The highest BCUT2D eigenvalue weighted by Crippen LogP contribution is 2.15. The third-order valence-electron chi connectivity index (χ3n) is 2.66. The quantitative estimate of drug-likeness (QED) is 0.487. The first-order chi connectivity index (χ1) is 9.59. The van der Waals surface area contributed by atoms with Gasteiger partial charge in [-0.15, -0.1) is 0 Å². The molecule has 20 heavy (non-hydrogen) atoms. The van der Waals surface area contributed by atoms with Gasteiger partial charge in [0.25, 0.3) is 0 Å². The van der Waals surface area contributed by atoms with Crippen LogP contribution >= 0.6 is 0 Å². The number of ether oxygens (including phenoxy) is 1. The molecule has 4 heteroatoms. The van der Waals surface area contributed by atoms with E-state index in [1.54, 1.807) is 42.5 Å². The molecule has 0 aliphatic heterocycles. The molecule has 0 aliphatic carbocycles. The van der Waals surface area contributed by atoms with Crippen LogP contribution in [0.4, 0.5) is 0 Å². The summed E-state index contributed by atoms with van der Waals surface area (Å²) < 4.78 is 4.53. The summed E-state index contributed by atoms with van der Waals surface area (Å²) in [6, 6.07) is 14.9. The molecular formula is C16H12O4. The van der Waals surface area contributed by atoms with E-state index in [9.17, 15) is 14.4 Å². The lowest BCUT2D eigenvalue weighted by atomic mass is 9.98. The van der Waals surface area contributed by atoms with E-state index in [2.05, 4.69) is 4.74 Å². The summed E-state index contributed by atoms with van der Waals surface area (Å²) in [5.41, 5.74) is 0.761. The van der Waals surface area contributed by atoms with E-state index in [4.69, 9.17) is 0 Å². The van der Waals surface area contributed by atoms with Crippen molar-refractivity contribution in [3.63, 3.8) is 0 Å². The van der Waals surface area contributed by atoms with E-state index < -0.39 is 11.9 Å². The van der Waals surface area contributed by atoms with E-state index in [1.807, 2.05) is 0 Å². The summed E-state index contributed by atoms with van der Waals surface area (Å²) in [5, 5.41) is 0. The molecule has 2 rings (SSSR count). The molecule has 0 spiro atoms. The Morgan fingerprint density at radius 1 is 0.800 bits per heavy atom. The molecule has 2 aromatic carbocycles. The Kier molecular flexibility index (Phi) is 4.05. The van der Waals surface area contributed by atoms with Gasteiger partial charge in [-0.1, -0.05) is 48.5 Å². The molecule has 0 aromatic heterocycles. The number of carbonyl (C=O) groups is 3. The largest absolute Gasteiger partial charge is 0.390 e. The van der Waals surface area contributed by atoms with E-state index in [1.165, 1.54) is 12.1 Å². The van der Waals surface area contributed by atoms with E-state index >= 15 is 0 Å². The Labute approximate surface area is 116 Å². The molecule has 0 N–H and O–H groups in total. The Hall–Kier alpha value is -2.75. The van der Waals surface area contributed by atoms with Crippen LogP contribution in [0.3, 0.4) is 0 Å². The predicted octanol–water partition coefficient (Wildman–Crippen LogP) is 2.62.